The third-order valence-electron chi connectivity index (χ3n) is 3.00. The second kappa shape index (κ2) is 5.90. The lowest BCUT2D eigenvalue weighted by Crippen LogP contribution is -2.38. The van der Waals surface area contributed by atoms with Gasteiger partial charge in [-0.15, -0.1) is 0 Å². The van der Waals surface area contributed by atoms with Crippen LogP contribution in [0.4, 0.5) is 30.7 Å². The van der Waals surface area contributed by atoms with Gasteiger partial charge in [0.05, 0.1) is 7.11 Å². The molecule has 0 heterocycles. The molecule has 0 spiro atoms. The Bertz CT molecular complexity index is 748. The Balaban J connectivity index is 2.62. The molecule has 0 amide bonds. The van der Waals surface area contributed by atoms with E-state index in [4.69, 9.17) is 0 Å². The molecule has 0 aromatic heterocycles. The minimum atomic E-state index is -2.00. The fourth-order valence-electron chi connectivity index (χ4n) is 1.88. The highest BCUT2D eigenvalue weighted by Gasteiger charge is 2.26. The lowest BCUT2D eigenvalue weighted by Gasteiger charge is -2.11. The molecule has 0 saturated heterocycles. The molecule has 0 N–H and O–H groups in total. The monoisotopic (exact) mass is 322 g/mol. The van der Waals surface area contributed by atoms with E-state index in [1.165, 1.54) is 0 Å². The Labute approximate surface area is 120 Å². The lowest BCUT2D eigenvalue weighted by molar-refractivity contribution is 0.379. The molecular weight excluding hydrogens is 316 g/mol. The molecule has 0 fully saturated rings. The highest BCUT2D eigenvalue weighted by molar-refractivity contribution is 6.67. The SMILES string of the molecule is COc1cc(F)c(F)c(Bc2c(F)cc(F)c(F)c2F)c1F. The number of benzene rings is 2. The molecule has 0 saturated carbocycles. The van der Waals surface area contributed by atoms with Crippen LogP contribution in [-0.2, 0) is 0 Å². The quantitative estimate of drug-likeness (QED) is 0.364. The molecule has 0 unspecified atom stereocenters. The van der Waals surface area contributed by atoms with Gasteiger partial charge >= 0.3 is 0 Å². The number of rotatable bonds is 3. The van der Waals surface area contributed by atoms with Gasteiger partial charge in [0.25, 0.3) is 0 Å². The van der Waals surface area contributed by atoms with Gasteiger partial charge in [0, 0.05) is 12.1 Å². The first kappa shape index (κ1) is 16.2. The molecule has 9 heteroatoms. The molecule has 0 aliphatic rings. The van der Waals surface area contributed by atoms with E-state index in [2.05, 4.69) is 4.74 Å². The van der Waals surface area contributed by atoms with Gasteiger partial charge in [-0.1, -0.05) is 0 Å². The van der Waals surface area contributed by atoms with Crippen molar-refractivity contribution in [2.24, 2.45) is 0 Å². The van der Waals surface area contributed by atoms with E-state index in [1.807, 2.05) is 0 Å². The zero-order chi connectivity index (χ0) is 16.6. The van der Waals surface area contributed by atoms with Crippen LogP contribution in [0.1, 0.15) is 0 Å². The van der Waals surface area contributed by atoms with Gasteiger partial charge in [0.2, 0.25) is 7.28 Å². The van der Waals surface area contributed by atoms with Crippen LogP contribution in [0, 0.1) is 40.7 Å². The first-order chi connectivity index (χ1) is 10.3. The van der Waals surface area contributed by atoms with E-state index < -0.39 is 64.7 Å². The van der Waals surface area contributed by atoms with Gasteiger partial charge in [0.15, 0.2) is 40.7 Å². The molecule has 0 bridgehead atoms. The number of hydrogen-bond acceptors (Lipinski definition) is 1. The Morgan fingerprint density at radius 1 is 0.682 bits per heavy atom. The molecule has 0 radical (unpaired) electrons. The van der Waals surface area contributed by atoms with Gasteiger partial charge in [-0.05, 0) is 10.9 Å². The van der Waals surface area contributed by atoms with Crippen LogP contribution in [0.3, 0.4) is 0 Å². The smallest absolute Gasteiger partial charge is 0.208 e. The van der Waals surface area contributed by atoms with Gasteiger partial charge in [-0.3, -0.25) is 0 Å². The van der Waals surface area contributed by atoms with E-state index >= 15 is 0 Å². The van der Waals surface area contributed by atoms with E-state index in [-0.39, 0.29) is 6.07 Å². The van der Waals surface area contributed by atoms with Crippen molar-refractivity contribution >= 4 is 18.2 Å². The summed E-state index contributed by atoms with van der Waals surface area (Å²) in [5, 5.41) is 0. The summed E-state index contributed by atoms with van der Waals surface area (Å²) in [7, 11) is -0.196. The number of methoxy groups -OCH3 is 1. The molecular formula is C13H6BF7O. The maximum atomic E-state index is 13.9. The minimum Gasteiger partial charge on any atom is -0.494 e. The molecule has 116 valence electrons. The van der Waals surface area contributed by atoms with E-state index in [9.17, 15) is 30.7 Å². The van der Waals surface area contributed by atoms with Gasteiger partial charge in [-0.2, -0.15) is 0 Å². The van der Waals surface area contributed by atoms with Crippen molar-refractivity contribution in [3.8, 4) is 5.75 Å². The number of ether oxygens (including phenoxy) is 1. The normalized spacial score (nSPS) is 10.7. The third-order valence-corrected chi connectivity index (χ3v) is 3.00. The van der Waals surface area contributed by atoms with Crippen molar-refractivity contribution in [3.05, 3.63) is 52.9 Å². The van der Waals surface area contributed by atoms with Crippen molar-refractivity contribution in [1.29, 1.82) is 0 Å². The molecule has 2 rings (SSSR count). The average Bonchev–Trinajstić information content (AvgIpc) is 2.48. The van der Waals surface area contributed by atoms with Gasteiger partial charge in [0.1, 0.15) is 5.82 Å². The fraction of sp³-hybridized carbons (Fsp3) is 0.0769. The first-order valence-corrected chi connectivity index (χ1v) is 5.80. The third kappa shape index (κ3) is 2.62. The topological polar surface area (TPSA) is 9.23 Å². The Morgan fingerprint density at radius 2 is 1.27 bits per heavy atom. The largest absolute Gasteiger partial charge is 0.494 e. The maximum absolute atomic E-state index is 13.9. The Morgan fingerprint density at radius 3 is 1.86 bits per heavy atom. The summed E-state index contributed by atoms with van der Waals surface area (Å²) in [5.41, 5.74) is -2.20. The van der Waals surface area contributed by atoms with E-state index in [1.54, 1.807) is 0 Å². The zero-order valence-electron chi connectivity index (χ0n) is 10.9. The second-order valence-corrected chi connectivity index (χ2v) is 4.29. The Kier molecular flexibility index (Phi) is 4.34. The van der Waals surface area contributed by atoms with Crippen molar-refractivity contribution in [1.82, 2.24) is 0 Å². The van der Waals surface area contributed by atoms with Gasteiger partial charge < -0.3 is 4.74 Å². The van der Waals surface area contributed by atoms with Crippen molar-refractivity contribution in [3.63, 3.8) is 0 Å². The Hall–Kier alpha value is -2.19. The average molecular weight is 322 g/mol. The minimum absolute atomic E-state index is 0.0279. The predicted molar refractivity (Wildman–Crippen MR) is 65.6 cm³/mol. The standard InChI is InChI=1S/C13H6BF7O/c1-22-7-3-6(17)10(18)9(12(7)20)14-8-4(15)2-5(16)11(19)13(8)21/h2-3,14H,1H3. The summed E-state index contributed by atoms with van der Waals surface area (Å²) >= 11 is 0. The van der Waals surface area contributed by atoms with Crippen molar-refractivity contribution in [2.75, 3.05) is 7.11 Å². The number of hydrogen-bond donors (Lipinski definition) is 0. The van der Waals surface area contributed by atoms with Crippen LogP contribution in [-0.4, -0.2) is 14.4 Å². The fourth-order valence-corrected chi connectivity index (χ4v) is 1.88. The van der Waals surface area contributed by atoms with Crippen LogP contribution < -0.4 is 15.7 Å². The molecule has 22 heavy (non-hydrogen) atoms. The van der Waals surface area contributed by atoms with E-state index in [0.717, 1.165) is 7.11 Å². The molecule has 2 aromatic rings. The summed E-state index contributed by atoms with van der Waals surface area (Å²) in [6.45, 7) is 0. The summed E-state index contributed by atoms with van der Waals surface area (Å²) < 4.78 is 98.2. The molecule has 0 aliphatic heterocycles. The highest BCUT2D eigenvalue weighted by Crippen LogP contribution is 2.19. The van der Waals surface area contributed by atoms with Crippen LogP contribution >= 0.6 is 0 Å². The van der Waals surface area contributed by atoms with Crippen LogP contribution in [0.15, 0.2) is 12.1 Å². The van der Waals surface area contributed by atoms with E-state index in [0.29, 0.717) is 6.07 Å². The summed E-state index contributed by atoms with van der Waals surface area (Å²) in [4.78, 5) is 0. The maximum Gasteiger partial charge on any atom is 0.208 e. The summed E-state index contributed by atoms with van der Waals surface area (Å²) in [5.74, 6) is -12.6. The van der Waals surface area contributed by atoms with Crippen LogP contribution in [0.25, 0.3) is 0 Å². The predicted octanol–water partition coefficient (Wildman–Crippen LogP) is 2.06. The van der Waals surface area contributed by atoms with Crippen LogP contribution in [0.5, 0.6) is 5.75 Å². The number of halogens is 7. The summed E-state index contributed by atoms with van der Waals surface area (Å²) in [6.07, 6.45) is 0. The molecule has 0 aliphatic carbocycles. The highest BCUT2D eigenvalue weighted by atomic mass is 19.2. The zero-order valence-corrected chi connectivity index (χ0v) is 10.9. The van der Waals surface area contributed by atoms with Crippen LogP contribution in [0.2, 0.25) is 0 Å². The van der Waals surface area contributed by atoms with Gasteiger partial charge in [-0.25, -0.2) is 30.7 Å². The second-order valence-electron chi connectivity index (χ2n) is 4.29. The molecule has 1 nitrogen and oxygen atoms in total. The first-order valence-electron chi connectivity index (χ1n) is 5.80. The van der Waals surface area contributed by atoms with Crippen molar-refractivity contribution < 1.29 is 35.5 Å². The molecule has 0 atom stereocenters. The summed E-state index contributed by atoms with van der Waals surface area (Å²) in [6, 6.07) is 0.437. The molecule has 2 aromatic carbocycles. The lowest BCUT2D eigenvalue weighted by atomic mass is 9.62. The van der Waals surface area contributed by atoms with Crippen molar-refractivity contribution in [2.45, 2.75) is 0 Å².